The van der Waals surface area contributed by atoms with Crippen molar-refractivity contribution in [1.82, 2.24) is 80.0 Å². The van der Waals surface area contributed by atoms with Crippen molar-refractivity contribution in [3.05, 3.63) is 120 Å². The van der Waals surface area contributed by atoms with Gasteiger partial charge < -0.3 is 45.5 Å². The minimum absolute atomic E-state index is 0.0134. The van der Waals surface area contributed by atoms with Crippen molar-refractivity contribution in [3.8, 4) is 0 Å². The van der Waals surface area contributed by atoms with Crippen LogP contribution in [-0.4, -0.2) is 326 Å². The van der Waals surface area contributed by atoms with Crippen molar-refractivity contribution < 1.29 is 67.9 Å². The van der Waals surface area contributed by atoms with Crippen molar-refractivity contribution in [2.75, 3.05) is 183 Å². The molecule has 2 fully saturated rings. The normalized spacial score (nSPS) is 16.0. The van der Waals surface area contributed by atoms with E-state index in [1.807, 2.05) is 155 Å². The van der Waals surface area contributed by atoms with Gasteiger partial charge in [0.2, 0.25) is 11.8 Å². The molecule has 0 aliphatic carbocycles. The molecule has 103 heavy (non-hydrogen) atoms. The Morgan fingerprint density at radius 2 is 0.650 bits per heavy atom. The van der Waals surface area contributed by atoms with Crippen LogP contribution in [0.5, 0.6) is 0 Å². The second-order valence-corrected chi connectivity index (χ2v) is 28.4. The first-order valence-electron chi connectivity index (χ1n) is 35.1. The number of hydrogen-bond acceptors (Lipinski definition) is 25. The van der Waals surface area contributed by atoms with Crippen LogP contribution in [0.1, 0.15) is 85.1 Å². The molecule has 2 aliphatic rings. The van der Waals surface area contributed by atoms with Crippen LogP contribution in [-0.2, 0) is 78.7 Å². The summed E-state index contributed by atoms with van der Waals surface area (Å²) in [6.45, 7) is 29.1. The average molecular weight is 1460 g/mol. The molecular weight excluding hydrogens is 1350 g/mol. The highest BCUT2D eigenvalue weighted by Gasteiger charge is 2.27. The average Bonchev–Trinajstić information content (AvgIpc) is 0.933. The molecule has 6 heterocycles. The third-order valence-corrected chi connectivity index (χ3v) is 15.7. The molecule has 4 aromatic rings. The molecule has 2 aliphatic heterocycles. The molecule has 0 spiro atoms. The topological polar surface area (TPSA) is 342 Å². The number of esters is 3. The van der Waals surface area contributed by atoms with Gasteiger partial charge in [-0.25, -0.2) is 0 Å². The van der Waals surface area contributed by atoms with Crippen molar-refractivity contribution in [2.24, 2.45) is 0 Å². The van der Waals surface area contributed by atoms with E-state index in [0.717, 1.165) is 22.8 Å². The van der Waals surface area contributed by atoms with E-state index in [2.05, 4.69) is 45.7 Å². The number of halogens is 1. The van der Waals surface area contributed by atoms with E-state index >= 15 is 0 Å². The van der Waals surface area contributed by atoms with E-state index in [1.54, 1.807) is 39.5 Å². The quantitative estimate of drug-likeness (QED) is 0.0258. The van der Waals surface area contributed by atoms with Gasteiger partial charge in [-0.15, -0.1) is 11.6 Å². The van der Waals surface area contributed by atoms with Gasteiger partial charge in [-0.2, -0.15) is 0 Å². The zero-order chi connectivity index (χ0) is 75.6. The summed E-state index contributed by atoms with van der Waals surface area (Å²) >= 11 is 5.48. The third-order valence-electron chi connectivity index (χ3n) is 15.4. The Morgan fingerprint density at radius 3 is 0.893 bits per heavy atom. The number of nitrogens with one attached hydrogen (secondary N) is 3. The summed E-state index contributed by atoms with van der Waals surface area (Å²) in [6, 6.07) is 23.2. The predicted octanol–water partition coefficient (Wildman–Crippen LogP) is 2.42. The molecule has 30 nitrogen and oxygen atoms in total. The summed E-state index contributed by atoms with van der Waals surface area (Å²) in [7, 11) is 0. The largest absolute Gasteiger partial charge is 0.480 e. The van der Waals surface area contributed by atoms with Crippen LogP contribution >= 0.6 is 11.6 Å². The van der Waals surface area contributed by atoms with Crippen molar-refractivity contribution in [3.63, 3.8) is 0 Å². The second kappa shape index (κ2) is 47.6. The molecular formula is C72H113ClN16O14. The standard InChI is InChI=1S/C30H44N8O7.C26H50N4O6.C16H19ClN4O/c39-27(33-9-10-38(19-25-5-1-3-7-31-25)20-26-6-2-4-8-32-26)21-34-11-13-35(22-28(40)41)15-17-37(24-30(44)45)18-16-36(14-12-34)23-29(42)43;1-24(2,3)34-21(31)18-28-12-10-27-11-13-29(19-22(32)35-25(4,5)6)15-17-30(16-14-28)20-23(33)36-26(7,8)9;17-11-16(22)20-9-10-21(12-14-5-1-3-7-18-14)13-15-6-2-4-8-19-15/h1-8H,9-24H2,(H,33,39)(H,40,41)(H,42,43)(H,44,45);27H,10-20H2,1-9H3;1-8H,9-13H2,(H,20,22). The predicted molar refractivity (Wildman–Crippen MR) is 390 cm³/mol. The number of pyridine rings is 4. The molecule has 2 amide bonds. The molecule has 0 radical (unpaired) electrons. The highest BCUT2D eigenvalue weighted by atomic mass is 35.5. The lowest BCUT2D eigenvalue weighted by molar-refractivity contribution is -0.158. The maximum Gasteiger partial charge on any atom is 0.320 e. The number of rotatable bonds is 29. The Morgan fingerprint density at radius 1 is 0.398 bits per heavy atom. The number of carboxylic acids is 3. The molecule has 31 heteroatoms. The summed E-state index contributed by atoms with van der Waals surface area (Å²) in [6.07, 6.45) is 7.05. The van der Waals surface area contributed by atoms with Gasteiger partial charge in [-0.3, -0.25) is 102 Å². The lowest BCUT2D eigenvalue weighted by Crippen LogP contribution is -2.50. The maximum atomic E-state index is 13.1. The van der Waals surface area contributed by atoms with Crippen LogP contribution < -0.4 is 16.0 Å². The Hall–Kier alpha value is -7.75. The number of carboxylic acid groups (broad SMARTS) is 3. The van der Waals surface area contributed by atoms with Crippen molar-refractivity contribution in [1.29, 1.82) is 0 Å². The van der Waals surface area contributed by atoms with Gasteiger partial charge in [0.1, 0.15) is 22.7 Å². The van der Waals surface area contributed by atoms with Crippen LogP contribution in [0, 0.1) is 0 Å². The Bertz CT molecular complexity index is 2960. The van der Waals surface area contributed by atoms with E-state index in [9.17, 15) is 53.7 Å². The van der Waals surface area contributed by atoms with Gasteiger partial charge in [0, 0.05) is 182 Å². The Labute approximate surface area is 612 Å². The van der Waals surface area contributed by atoms with Crippen molar-refractivity contribution in [2.45, 2.75) is 105 Å². The molecule has 4 aromatic heterocycles. The van der Waals surface area contributed by atoms with Crippen LogP contribution in [0.15, 0.2) is 97.6 Å². The Balaban J connectivity index is 0.000000346. The van der Waals surface area contributed by atoms with Gasteiger partial charge >= 0.3 is 35.8 Å². The smallest absolute Gasteiger partial charge is 0.320 e. The summed E-state index contributed by atoms with van der Waals surface area (Å²) in [5, 5.41) is 37.3. The van der Waals surface area contributed by atoms with Crippen molar-refractivity contribution >= 4 is 59.2 Å². The fourth-order valence-corrected chi connectivity index (χ4v) is 10.8. The molecule has 2 saturated heterocycles. The van der Waals surface area contributed by atoms with E-state index in [0.29, 0.717) is 157 Å². The number of aromatic nitrogens is 4. The molecule has 0 atom stereocenters. The number of carbonyl (C=O) groups excluding carboxylic acids is 5. The van der Waals surface area contributed by atoms with E-state index in [-0.39, 0.29) is 81.4 Å². The van der Waals surface area contributed by atoms with E-state index in [1.165, 1.54) is 0 Å². The lowest BCUT2D eigenvalue weighted by atomic mass is 10.2. The fourth-order valence-electron chi connectivity index (χ4n) is 10.8. The zero-order valence-corrected chi connectivity index (χ0v) is 62.6. The third kappa shape index (κ3) is 43.8. The number of nitrogens with zero attached hydrogens (tertiary/aromatic N) is 13. The molecule has 572 valence electrons. The summed E-state index contributed by atoms with van der Waals surface area (Å²) in [5.74, 6) is -4.19. The molecule has 0 unspecified atom stereocenters. The second-order valence-electron chi connectivity index (χ2n) is 28.2. The number of ether oxygens (including phenoxy) is 3. The number of amides is 2. The molecule has 6 N–H and O–H groups in total. The highest BCUT2D eigenvalue weighted by molar-refractivity contribution is 6.27. The zero-order valence-electron chi connectivity index (χ0n) is 61.9. The van der Waals surface area contributed by atoms with Crippen LogP contribution in [0.25, 0.3) is 0 Å². The van der Waals surface area contributed by atoms with Gasteiger partial charge in [0.25, 0.3) is 0 Å². The first-order chi connectivity index (χ1) is 48.8. The summed E-state index contributed by atoms with van der Waals surface area (Å²) < 4.78 is 16.6. The maximum absolute atomic E-state index is 13.1. The number of carbonyl (C=O) groups is 8. The van der Waals surface area contributed by atoms with Crippen LogP contribution in [0.4, 0.5) is 0 Å². The Kier molecular flexibility index (Phi) is 40.5. The molecule has 0 bridgehead atoms. The van der Waals surface area contributed by atoms with Gasteiger partial charge in [0.15, 0.2) is 0 Å². The van der Waals surface area contributed by atoms with E-state index in [4.69, 9.17) is 25.8 Å². The van der Waals surface area contributed by atoms with Gasteiger partial charge in [-0.05, 0) is 111 Å². The molecule has 6 rings (SSSR count). The van der Waals surface area contributed by atoms with E-state index < -0.39 is 34.7 Å². The summed E-state index contributed by atoms with van der Waals surface area (Å²) in [4.78, 5) is 131. The number of aliphatic carboxylic acids is 3. The number of alkyl halides is 1. The summed E-state index contributed by atoms with van der Waals surface area (Å²) in [5.41, 5.74) is 2.14. The minimum atomic E-state index is -1.01. The first-order valence-corrected chi connectivity index (χ1v) is 35.6. The van der Waals surface area contributed by atoms with Gasteiger partial charge in [-0.1, -0.05) is 24.3 Å². The monoisotopic (exact) mass is 1460 g/mol. The van der Waals surface area contributed by atoms with Gasteiger partial charge in [0.05, 0.1) is 68.6 Å². The first kappa shape index (κ1) is 87.7. The fraction of sp³-hybridized carbons (Fsp3) is 0.611. The molecule has 0 aromatic carbocycles. The van der Waals surface area contributed by atoms with Crippen LogP contribution in [0.3, 0.4) is 0 Å². The SMILES string of the molecule is CC(C)(C)OC(=O)CN1CCNCCN(CC(=O)OC(C)(C)C)CCN(CC(=O)OC(C)(C)C)CC1.O=C(CCl)NCCN(Cc1ccccn1)Cc1ccccn1.O=C(O)CN1CCN(CC(=O)O)CCN(CC(=O)NCCN(Cc2ccccn2)Cc2ccccn2)CCN(CC(=O)O)CC1. The highest BCUT2D eigenvalue weighted by Crippen LogP contribution is 2.13. The minimum Gasteiger partial charge on any atom is -0.480 e. The molecule has 0 saturated carbocycles. The lowest BCUT2D eigenvalue weighted by Gasteiger charge is -2.32. The number of hydrogen-bond donors (Lipinski definition) is 6. The van der Waals surface area contributed by atoms with Crippen LogP contribution in [0.2, 0.25) is 0 Å².